The van der Waals surface area contributed by atoms with E-state index in [2.05, 4.69) is 0 Å². The minimum Gasteiger partial charge on any atom is -0.466 e. The fourth-order valence-corrected chi connectivity index (χ4v) is 0.761. The molecule has 1 radical (unpaired) electrons. The van der Waals surface area contributed by atoms with Crippen LogP contribution < -0.4 is 0 Å². The van der Waals surface area contributed by atoms with Crippen LogP contribution in [0.2, 0.25) is 0 Å². The molecular formula is C9H18NO3. The molecule has 0 aromatic heterocycles. The Morgan fingerprint density at radius 3 is 2.31 bits per heavy atom. The van der Waals surface area contributed by atoms with Crippen molar-refractivity contribution in [1.29, 1.82) is 0 Å². The van der Waals surface area contributed by atoms with Crippen molar-refractivity contribution in [3.05, 3.63) is 0 Å². The first-order chi connectivity index (χ1) is 5.88. The Hall–Kier alpha value is -0.610. The van der Waals surface area contributed by atoms with Crippen LogP contribution in [0.25, 0.3) is 0 Å². The van der Waals surface area contributed by atoms with Gasteiger partial charge < -0.3 is 4.74 Å². The van der Waals surface area contributed by atoms with Crippen LogP contribution in [-0.2, 0) is 14.7 Å². The number of carbonyl (C=O) groups excluding carboxylic acids is 1. The Labute approximate surface area is 79.4 Å². The zero-order valence-corrected chi connectivity index (χ0v) is 8.79. The molecule has 0 saturated carbocycles. The fraction of sp³-hybridized carbons (Fsp3) is 0.889. The molecule has 0 aromatic rings. The highest BCUT2D eigenvalue weighted by Crippen LogP contribution is 2.10. The summed E-state index contributed by atoms with van der Waals surface area (Å²) in [6.45, 7) is 7.74. The molecule has 0 fully saturated rings. The smallest absolute Gasteiger partial charge is 0.307 e. The van der Waals surface area contributed by atoms with Crippen LogP contribution in [-0.4, -0.2) is 29.7 Å². The molecule has 0 aliphatic rings. The van der Waals surface area contributed by atoms with Crippen molar-refractivity contribution >= 4 is 5.97 Å². The Morgan fingerprint density at radius 1 is 1.38 bits per heavy atom. The van der Waals surface area contributed by atoms with E-state index in [0.29, 0.717) is 6.61 Å². The van der Waals surface area contributed by atoms with Crippen LogP contribution in [0.5, 0.6) is 0 Å². The molecule has 0 aliphatic heterocycles. The van der Waals surface area contributed by atoms with E-state index in [4.69, 9.17) is 4.74 Å². The summed E-state index contributed by atoms with van der Waals surface area (Å²) < 4.78 is 4.70. The van der Waals surface area contributed by atoms with Gasteiger partial charge in [0, 0.05) is 12.1 Å². The lowest BCUT2D eigenvalue weighted by Gasteiger charge is -2.26. The van der Waals surface area contributed by atoms with Gasteiger partial charge in [-0.1, -0.05) is 0 Å². The van der Waals surface area contributed by atoms with Gasteiger partial charge >= 0.3 is 5.97 Å². The molecule has 13 heavy (non-hydrogen) atoms. The molecule has 0 aliphatic carbocycles. The number of esters is 1. The van der Waals surface area contributed by atoms with Gasteiger partial charge in [0.1, 0.15) is 0 Å². The summed E-state index contributed by atoms with van der Waals surface area (Å²) in [5.74, 6) is -0.312. The number of rotatable bonds is 4. The van der Waals surface area contributed by atoms with Crippen molar-refractivity contribution in [2.75, 3.05) is 13.2 Å². The normalized spacial score (nSPS) is 11.8. The summed E-state index contributed by atoms with van der Waals surface area (Å²) in [6.07, 6.45) is 0.161. The lowest BCUT2D eigenvalue weighted by atomic mass is 10.1. The standard InChI is InChI=1S/C9H18NO3/c1-5-13-8(11)6-7-10(12)9(2,3)4/h5-7H2,1-4H3. The monoisotopic (exact) mass is 188 g/mol. The molecule has 0 rings (SSSR count). The Morgan fingerprint density at radius 2 is 1.92 bits per heavy atom. The SMILES string of the molecule is CCOC(=O)CCN([O])C(C)(C)C. The second-order valence-electron chi connectivity index (χ2n) is 3.83. The summed E-state index contributed by atoms with van der Waals surface area (Å²) in [5.41, 5.74) is -0.438. The minimum absolute atomic E-state index is 0.161. The predicted octanol–water partition coefficient (Wildman–Crippen LogP) is 1.39. The summed E-state index contributed by atoms with van der Waals surface area (Å²) in [5, 5.41) is 12.2. The van der Waals surface area contributed by atoms with E-state index in [0.717, 1.165) is 5.06 Å². The summed E-state index contributed by atoms with van der Waals surface area (Å²) in [4.78, 5) is 10.9. The van der Waals surface area contributed by atoms with E-state index in [1.165, 1.54) is 0 Å². The van der Waals surface area contributed by atoms with Crippen LogP contribution in [0.4, 0.5) is 0 Å². The largest absolute Gasteiger partial charge is 0.466 e. The average molecular weight is 188 g/mol. The van der Waals surface area contributed by atoms with E-state index in [9.17, 15) is 10.0 Å². The zero-order valence-electron chi connectivity index (χ0n) is 8.79. The minimum atomic E-state index is -0.438. The van der Waals surface area contributed by atoms with Crippen LogP contribution in [0.1, 0.15) is 34.1 Å². The lowest BCUT2D eigenvalue weighted by Crippen LogP contribution is -2.38. The molecule has 4 nitrogen and oxygen atoms in total. The van der Waals surface area contributed by atoms with Gasteiger partial charge in [-0.05, 0) is 27.7 Å². The maximum atomic E-state index is 11.3. The van der Waals surface area contributed by atoms with Crippen molar-refractivity contribution in [2.24, 2.45) is 0 Å². The molecule has 0 saturated heterocycles. The van der Waals surface area contributed by atoms with Gasteiger partial charge in [-0.15, -0.1) is 10.3 Å². The molecule has 0 aromatic carbocycles. The number of nitrogens with zero attached hydrogens (tertiary/aromatic N) is 1. The average Bonchev–Trinajstić information content (AvgIpc) is 1.99. The highest BCUT2D eigenvalue weighted by molar-refractivity contribution is 5.69. The topological polar surface area (TPSA) is 49.4 Å². The molecule has 0 N–H and O–H groups in total. The number of hydroxylamine groups is 2. The first-order valence-corrected chi connectivity index (χ1v) is 4.48. The van der Waals surface area contributed by atoms with Gasteiger partial charge in [0.05, 0.1) is 13.0 Å². The lowest BCUT2D eigenvalue weighted by molar-refractivity contribution is -0.213. The first-order valence-electron chi connectivity index (χ1n) is 4.48. The molecule has 0 spiro atoms. The number of ether oxygens (including phenoxy) is 1. The van der Waals surface area contributed by atoms with Gasteiger partial charge in [0.2, 0.25) is 0 Å². The number of hydrogen-bond donors (Lipinski definition) is 0. The van der Waals surface area contributed by atoms with Crippen molar-refractivity contribution in [3.63, 3.8) is 0 Å². The number of hydrogen-bond acceptors (Lipinski definition) is 3. The van der Waals surface area contributed by atoms with Gasteiger partial charge in [-0.3, -0.25) is 4.79 Å². The fourth-order valence-electron chi connectivity index (χ4n) is 0.761. The summed E-state index contributed by atoms with van der Waals surface area (Å²) in [6, 6.07) is 0. The quantitative estimate of drug-likeness (QED) is 0.494. The Bertz CT molecular complexity index is 163. The summed E-state index contributed by atoms with van der Waals surface area (Å²) >= 11 is 0. The summed E-state index contributed by atoms with van der Waals surface area (Å²) in [7, 11) is 0. The van der Waals surface area contributed by atoms with Crippen LogP contribution in [0, 0.1) is 0 Å². The Balaban J connectivity index is 3.70. The Kier molecular flexibility index (Phi) is 4.95. The molecule has 77 valence electrons. The second-order valence-corrected chi connectivity index (χ2v) is 3.83. The molecule has 0 bridgehead atoms. The molecule has 0 amide bonds. The first kappa shape index (κ1) is 12.4. The van der Waals surface area contributed by atoms with Gasteiger partial charge in [-0.25, -0.2) is 0 Å². The van der Waals surface area contributed by atoms with Crippen molar-refractivity contribution in [3.8, 4) is 0 Å². The molecule has 0 atom stereocenters. The maximum Gasteiger partial charge on any atom is 0.307 e. The predicted molar refractivity (Wildman–Crippen MR) is 48.4 cm³/mol. The van der Waals surface area contributed by atoms with Crippen LogP contribution in [0.15, 0.2) is 0 Å². The third kappa shape index (κ3) is 5.60. The zero-order chi connectivity index (χ0) is 10.5. The van der Waals surface area contributed by atoms with E-state index in [1.54, 1.807) is 6.92 Å². The van der Waals surface area contributed by atoms with Gasteiger partial charge in [0.15, 0.2) is 0 Å². The van der Waals surface area contributed by atoms with Crippen molar-refractivity contribution in [2.45, 2.75) is 39.7 Å². The molecule has 0 heterocycles. The van der Waals surface area contributed by atoms with E-state index in [-0.39, 0.29) is 18.9 Å². The molecular weight excluding hydrogens is 170 g/mol. The number of carbonyl (C=O) groups is 1. The van der Waals surface area contributed by atoms with Gasteiger partial charge in [-0.2, -0.15) is 0 Å². The third-order valence-corrected chi connectivity index (χ3v) is 1.57. The molecule has 4 heteroatoms. The van der Waals surface area contributed by atoms with E-state index < -0.39 is 5.54 Å². The van der Waals surface area contributed by atoms with E-state index >= 15 is 0 Å². The van der Waals surface area contributed by atoms with Crippen molar-refractivity contribution < 1.29 is 14.7 Å². The third-order valence-electron chi connectivity index (χ3n) is 1.57. The van der Waals surface area contributed by atoms with Gasteiger partial charge in [0.25, 0.3) is 0 Å². The highest BCUT2D eigenvalue weighted by Gasteiger charge is 2.21. The highest BCUT2D eigenvalue weighted by atomic mass is 16.5. The maximum absolute atomic E-state index is 11.3. The van der Waals surface area contributed by atoms with Crippen LogP contribution >= 0.6 is 0 Å². The molecule has 0 unspecified atom stereocenters. The van der Waals surface area contributed by atoms with Crippen molar-refractivity contribution in [1.82, 2.24) is 5.06 Å². The van der Waals surface area contributed by atoms with Crippen LogP contribution in [0.3, 0.4) is 0 Å². The van der Waals surface area contributed by atoms with E-state index in [1.807, 2.05) is 20.8 Å². The second kappa shape index (κ2) is 5.19.